The van der Waals surface area contributed by atoms with Gasteiger partial charge in [-0.15, -0.1) is 0 Å². The van der Waals surface area contributed by atoms with E-state index in [0.29, 0.717) is 18.9 Å². The Hall–Kier alpha value is -1.26. The van der Waals surface area contributed by atoms with Gasteiger partial charge in [-0.05, 0) is 18.3 Å². The van der Waals surface area contributed by atoms with Crippen molar-refractivity contribution in [3.05, 3.63) is 0 Å². The summed E-state index contributed by atoms with van der Waals surface area (Å²) in [5.41, 5.74) is 0. The molecule has 0 aliphatic rings. The Balaban J connectivity index is 4.13. The van der Waals surface area contributed by atoms with Gasteiger partial charge in [0, 0.05) is 6.54 Å². The first kappa shape index (κ1) is 16.7. The Morgan fingerprint density at radius 2 is 1.72 bits per heavy atom. The summed E-state index contributed by atoms with van der Waals surface area (Å²) in [6.45, 7) is 8.60. The van der Waals surface area contributed by atoms with Crippen LogP contribution < -0.4 is 10.6 Å². The summed E-state index contributed by atoms with van der Waals surface area (Å²) in [7, 11) is 0. The van der Waals surface area contributed by atoms with Crippen molar-refractivity contribution in [2.45, 2.75) is 53.0 Å². The Kier molecular flexibility index (Phi) is 8.16. The number of carbonyl (C=O) groups is 2. The quantitative estimate of drug-likeness (QED) is 0.624. The molecule has 0 aliphatic carbocycles. The van der Waals surface area contributed by atoms with E-state index < -0.39 is 18.0 Å². The number of amides is 2. The van der Waals surface area contributed by atoms with Gasteiger partial charge >= 0.3 is 12.0 Å². The van der Waals surface area contributed by atoms with Gasteiger partial charge in [0.25, 0.3) is 0 Å². The topological polar surface area (TPSA) is 78.4 Å². The Labute approximate surface area is 109 Å². The lowest BCUT2D eigenvalue weighted by Gasteiger charge is -2.18. The second-order valence-electron chi connectivity index (χ2n) is 5.06. The van der Waals surface area contributed by atoms with E-state index in [1.807, 2.05) is 13.8 Å². The first-order chi connectivity index (χ1) is 8.40. The van der Waals surface area contributed by atoms with Crippen LogP contribution in [0.4, 0.5) is 4.79 Å². The summed E-state index contributed by atoms with van der Waals surface area (Å²) < 4.78 is 0. The fourth-order valence-electron chi connectivity index (χ4n) is 1.72. The summed E-state index contributed by atoms with van der Waals surface area (Å²) in [6.07, 6.45) is 2.45. The molecule has 0 heterocycles. The third kappa shape index (κ3) is 7.14. The fourth-order valence-corrected chi connectivity index (χ4v) is 1.72. The number of carboxylic acids is 1. The molecule has 0 saturated carbocycles. The molecule has 2 amide bonds. The van der Waals surface area contributed by atoms with E-state index in [-0.39, 0.29) is 5.92 Å². The third-order valence-electron chi connectivity index (χ3n) is 3.02. The second kappa shape index (κ2) is 8.78. The molecule has 106 valence electrons. The van der Waals surface area contributed by atoms with E-state index in [0.717, 1.165) is 12.8 Å². The highest BCUT2D eigenvalue weighted by atomic mass is 16.4. The molecule has 0 aromatic rings. The molecule has 0 aliphatic heterocycles. The smallest absolute Gasteiger partial charge is 0.326 e. The number of urea groups is 1. The molecule has 0 saturated heterocycles. The molecule has 1 atom stereocenters. The van der Waals surface area contributed by atoms with Gasteiger partial charge in [-0.25, -0.2) is 9.59 Å². The first-order valence-electron chi connectivity index (χ1n) is 6.67. The van der Waals surface area contributed by atoms with E-state index in [1.165, 1.54) is 0 Å². The number of hydrogen-bond acceptors (Lipinski definition) is 2. The minimum Gasteiger partial charge on any atom is -0.480 e. The van der Waals surface area contributed by atoms with Crippen molar-refractivity contribution >= 4 is 12.0 Å². The predicted molar refractivity (Wildman–Crippen MR) is 71.5 cm³/mol. The van der Waals surface area contributed by atoms with Gasteiger partial charge in [0.2, 0.25) is 0 Å². The average molecular weight is 258 g/mol. The summed E-state index contributed by atoms with van der Waals surface area (Å²) in [5.74, 6) is -0.309. The van der Waals surface area contributed by atoms with Gasteiger partial charge < -0.3 is 15.7 Å². The molecule has 0 radical (unpaired) electrons. The molecular formula is C13H26N2O3. The molecule has 0 spiro atoms. The second-order valence-corrected chi connectivity index (χ2v) is 5.06. The van der Waals surface area contributed by atoms with Crippen LogP contribution in [0.15, 0.2) is 0 Å². The molecule has 5 heteroatoms. The first-order valence-corrected chi connectivity index (χ1v) is 6.67. The van der Waals surface area contributed by atoms with Crippen LogP contribution in [-0.4, -0.2) is 29.7 Å². The summed E-state index contributed by atoms with van der Waals surface area (Å²) in [6, 6.07) is -1.21. The van der Waals surface area contributed by atoms with Gasteiger partial charge in [-0.2, -0.15) is 0 Å². The van der Waals surface area contributed by atoms with Crippen molar-refractivity contribution in [3.8, 4) is 0 Å². The molecular weight excluding hydrogens is 232 g/mol. The van der Waals surface area contributed by atoms with E-state index in [9.17, 15) is 9.59 Å². The van der Waals surface area contributed by atoms with E-state index >= 15 is 0 Å². The number of rotatable bonds is 8. The summed E-state index contributed by atoms with van der Waals surface area (Å²) in [4.78, 5) is 22.6. The molecule has 0 rings (SSSR count). The minimum absolute atomic E-state index is 0.227. The monoisotopic (exact) mass is 258 g/mol. The number of carboxylic acid groups (broad SMARTS) is 1. The van der Waals surface area contributed by atoms with E-state index in [2.05, 4.69) is 24.5 Å². The molecule has 3 N–H and O–H groups in total. The highest BCUT2D eigenvalue weighted by Gasteiger charge is 2.21. The SMILES string of the molecule is CCC(CC)CNC(=O)N[C@@H](CC(C)C)C(=O)O. The molecule has 0 aromatic heterocycles. The highest BCUT2D eigenvalue weighted by Crippen LogP contribution is 2.06. The van der Waals surface area contributed by atoms with Crippen LogP contribution in [0.2, 0.25) is 0 Å². The van der Waals surface area contributed by atoms with Gasteiger partial charge in [-0.1, -0.05) is 40.5 Å². The van der Waals surface area contributed by atoms with Gasteiger partial charge in [0.1, 0.15) is 6.04 Å². The van der Waals surface area contributed by atoms with Gasteiger partial charge in [-0.3, -0.25) is 0 Å². The zero-order valence-corrected chi connectivity index (χ0v) is 11.8. The van der Waals surface area contributed by atoms with Crippen LogP contribution in [-0.2, 0) is 4.79 Å². The molecule has 0 bridgehead atoms. The standard InChI is InChI=1S/C13H26N2O3/c1-5-10(6-2)8-14-13(18)15-11(12(16)17)7-9(3)4/h9-11H,5-8H2,1-4H3,(H,16,17)(H2,14,15,18)/t11-/m0/s1. The average Bonchev–Trinajstić information content (AvgIpc) is 2.28. The summed E-state index contributed by atoms with van der Waals surface area (Å²) in [5, 5.41) is 14.2. The zero-order chi connectivity index (χ0) is 14.1. The van der Waals surface area contributed by atoms with Gasteiger partial charge in [0.05, 0.1) is 0 Å². The van der Waals surface area contributed by atoms with Gasteiger partial charge in [0.15, 0.2) is 0 Å². The van der Waals surface area contributed by atoms with Crippen molar-refractivity contribution in [2.75, 3.05) is 6.54 Å². The highest BCUT2D eigenvalue weighted by molar-refractivity contribution is 5.82. The zero-order valence-electron chi connectivity index (χ0n) is 11.8. The Morgan fingerprint density at radius 1 is 1.17 bits per heavy atom. The number of aliphatic carboxylic acids is 1. The lowest BCUT2D eigenvalue weighted by molar-refractivity contribution is -0.139. The number of nitrogens with one attached hydrogen (secondary N) is 2. The van der Waals surface area contributed by atoms with Crippen LogP contribution in [0.1, 0.15) is 47.0 Å². The van der Waals surface area contributed by atoms with Crippen molar-refractivity contribution in [1.29, 1.82) is 0 Å². The molecule has 0 unspecified atom stereocenters. The van der Waals surface area contributed by atoms with Crippen molar-refractivity contribution in [2.24, 2.45) is 11.8 Å². The van der Waals surface area contributed by atoms with Crippen molar-refractivity contribution < 1.29 is 14.7 Å². The van der Waals surface area contributed by atoms with E-state index in [1.54, 1.807) is 0 Å². The van der Waals surface area contributed by atoms with Crippen LogP contribution in [0, 0.1) is 11.8 Å². The normalized spacial score (nSPS) is 12.6. The maximum atomic E-state index is 11.6. The minimum atomic E-state index is -0.985. The largest absolute Gasteiger partial charge is 0.480 e. The lowest BCUT2D eigenvalue weighted by atomic mass is 10.0. The molecule has 0 aromatic carbocycles. The van der Waals surface area contributed by atoms with Crippen LogP contribution in [0.5, 0.6) is 0 Å². The fraction of sp³-hybridized carbons (Fsp3) is 0.846. The van der Waals surface area contributed by atoms with Crippen LogP contribution >= 0.6 is 0 Å². The lowest BCUT2D eigenvalue weighted by Crippen LogP contribution is -2.47. The van der Waals surface area contributed by atoms with E-state index in [4.69, 9.17) is 5.11 Å². The maximum Gasteiger partial charge on any atom is 0.326 e. The number of carbonyl (C=O) groups excluding carboxylic acids is 1. The Morgan fingerprint density at radius 3 is 2.11 bits per heavy atom. The van der Waals surface area contributed by atoms with Crippen LogP contribution in [0.3, 0.4) is 0 Å². The molecule has 0 fully saturated rings. The maximum absolute atomic E-state index is 11.6. The molecule has 5 nitrogen and oxygen atoms in total. The molecule has 18 heavy (non-hydrogen) atoms. The van der Waals surface area contributed by atoms with Crippen molar-refractivity contribution in [1.82, 2.24) is 10.6 Å². The number of hydrogen-bond donors (Lipinski definition) is 3. The Bertz CT molecular complexity index is 263. The van der Waals surface area contributed by atoms with Crippen molar-refractivity contribution in [3.63, 3.8) is 0 Å². The third-order valence-corrected chi connectivity index (χ3v) is 3.02. The summed E-state index contributed by atoms with van der Waals surface area (Å²) >= 11 is 0. The predicted octanol–water partition coefficient (Wildman–Crippen LogP) is 2.22. The van der Waals surface area contributed by atoms with Crippen LogP contribution in [0.25, 0.3) is 0 Å².